The first-order valence-electron chi connectivity index (χ1n) is 9.12. The van der Waals surface area contributed by atoms with Gasteiger partial charge in [-0.1, -0.05) is 46.5 Å². The molecule has 1 saturated heterocycles. The predicted octanol–water partition coefficient (Wildman–Crippen LogP) is 4.18. The van der Waals surface area contributed by atoms with Gasteiger partial charge in [0.15, 0.2) is 0 Å². The van der Waals surface area contributed by atoms with Crippen molar-refractivity contribution in [3.05, 3.63) is 0 Å². The first-order valence-corrected chi connectivity index (χ1v) is 9.12. The van der Waals surface area contributed by atoms with Crippen molar-refractivity contribution in [1.82, 2.24) is 4.90 Å². The van der Waals surface area contributed by atoms with E-state index in [1.165, 1.54) is 64.3 Å². The van der Waals surface area contributed by atoms with Gasteiger partial charge in [0.1, 0.15) is 0 Å². The molecule has 1 aliphatic heterocycles. The van der Waals surface area contributed by atoms with E-state index in [0.717, 1.165) is 24.4 Å². The van der Waals surface area contributed by atoms with Crippen LogP contribution in [0.25, 0.3) is 0 Å². The number of likely N-dealkylation sites (tertiary alicyclic amines) is 1. The maximum atomic E-state index is 6.41. The summed E-state index contributed by atoms with van der Waals surface area (Å²) in [5, 5.41) is 0. The first-order chi connectivity index (χ1) is 9.65. The minimum atomic E-state index is 0.312. The second-order valence-electron chi connectivity index (χ2n) is 7.54. The van der Waals surface area contributed by atoms with Gasteiger partial charge < -0.3 is 5.73 Å². The highest BCUT2D eigenvalue weighted by atomic mass is 15.2. The third kappa shape index (κ3) is 3.06. The van der Waals surface area contributed by atoms with Gasteiger partial charge in [0.05, 0.1) is 0 Å². The summed E-state index contributed by atoms with van der Waals surface area (Å²) < 4.78 is 0. The van der Waals surface area contributed by atoms with Crippen molar-refractivity contribution in [3.8, 4) is 0 Å². The number of piperidine rings is 1. The highest BCUT2D eigenvalue weighted by Crippen LogP contribution is 2.44. The molecular weight excluding hydrogens is 244 g/mol. The van der Waals surface area contributed by atoms with E-state index in [1.54, 1.807) is 0 Å². The van der Waals surface area contributed by atoms with Crippen molar-refractivity contribution >= 4 is 0 Å². The molecular formula is C18H36N2. The SMILES string of the molecule is CCCC1CCCCN1C1(CN)CCCCC1C(C)C. The summed E-state index contributed by atoms with van der Waals surface area (Å²) in [7, 11) is 0. The van der Waals surface area contributed by atoms with Crippen molar-refractivity contribution in [2.75, 3.05) is 13.1 Å². The van der Waals surface area contributed by atoms with E-state index in [9.17, 15) is 0 Å². The summed E-state index contributed by atoms with van der Waals surface area (Å²) in [5.74, 6) is 1.57. The maximum Gasteiger partial charge on any atom is 0.0365 e. The lowest BCUT2D eigenvalue weighted by molar-refractivity contribution is -0.0572. The highest BCUT2D eigenvalue weighted by molar-refractivity contribution is 5.03. The van der Waals surface area contributed by atoms with Crippen LogP contribution >= 0.6 is 0 Å². The van der Waals surface area contributed by atoms with Crippen molar-refractivity contribution in [1.29, 1.82) is 0 Å². The molecule has 2 heteroatoms. The van der Waals surface area contributed by atoms with Crippen LogP contribution in [0.1, 0.15) is 78.6 Å². The molecule has 3 unspecified atom stereocenters. The Bertz CT molecular complexity index is 287. The molecule has 3 atom stereocenters. The highest BCUT2D eigenvalue weighted by Gasteiger charge is 2.47. The normalized spacial score (nSPS) is 36.5. The summed E-state index contributed by atoms with van der Waals surface area (Å²) in [5.41, 5.74) is 6.73. The number of hydrogen-bond donors (Lipinski definition) is 1. The molecule has 118 valence electrons. The molecule has 2 N–H and O–H groups in total. The fourth-order valence-corrected chi connectivity index (χ4v) is 5.15. The van der Waals surface area contributed by atoms with E-state index in [-0.39, 0.29) is 0 Å². The fraction of sp³-hybridized carbons (Fsp3) is 1.00. The topological polar surface area (TPSA) is 29.3 Å². The van der Waals surface area contributed by atoms with Crippen LogP contribution in [0.5, 0.6) is 0 Å². The zero-order valence-corrected chi connectivity index (χ0v) is 14.0. The summed E-state index contributed by atoms with van der Waals surface area (Å²) in [4.78, 5) is 2.89. The van der Waals surface area contributed by atoms with Crippen LogP contribution in [-0.2, 0) is 0 Å². The molecule has 0 spiro atoms. The van der Waals surface area contributed by atoms with Gasteiger partial charge in [-0.15, -0.1) is 0 Å². The second-order valence-corrected chi connectivity index (χ2v) is 7.54. The largest absolute Gasteiger partial charge is 0.329 e. The molecule has 2 aliphatic rings. The van der Waals surface area contributed by atoms with Crippen LogP contribution in [0.2, 0.25) is 0 Å². The summed E-state index contributed by atoms with van der Waals surface area (Å²) in [6.45, 7) is 9.34. The molecule has 2 rings (SSSR count). The van der Waals surface area contributed by atoms with Crippen LogP contribution in [0.15, 0.2) is 0 Å². The molecule has 0 aromatic rings. The maximum absolute atomic E-state index is 6.41. The molecule has 0 aromatic carbocycles. The molecule has 2 fully saturated rings. The summed E-state index contributed by atoms with van der Waals surface area (Å²) in [6, 6.07) is 0.802. The van der Waals surface area contributed by atoms with Gasteiger partial charge >= 0.3 is 0 Å². The van der Waals surface area contributed by atoms with Gasteiger partial charge in [-0.2, -0.15) is 0 Å². The Morgan fingerprint density at radius 2 is 1.90 bits per heavy atom. The zero-order chi connectivity index (χ0) is 14.6. The average molecular weight is 280 g/mol. The van der Waals surface area contributed by atoms with Crippen molar-refractivity contribution < 1.29 is 0 Å². The van der Waals surface area contributed by atoms with Gasteiger partial charge in [-0.05, 0) is 50.5 Å². The van der Waals surface area contributed by atoms with E-state index in [4.69, 9.17) is 5.73 Å². The van der Waals surface area contributed by atoms with E-state index >= 15 is 0 Å². The lowest BCUT2D eigenvalue weighted by atomic mass is 9.65. The van der Waals surface area contributed by atoms with Crippen molar-refractivity contribution in [3.63, 3.8) is 0 Å². The molecule has 1 aliphatic carbocycles. The number of nitrogens with two attached hydrogens (primary N) is 1. The van der Waals surface area contributed by atoms with E-state index in [2.05, 4.69) is 25.7 Å². The van der Waals surface area contributed by atoms with E-state index in [1.807, 2.05) is 0 Å². The van der Waals surface area contributed by atoms with Crippen LogP contribution in [0.4, 0.5) is 0 Å². The van der Waals surface area contributed by atoms with Crippen LogP contribution in [0, 0.1) is 11.8 Å². The Kier molecular flexibility index (Phi) is 5.92. The zero-order valence-electron chi connectivity index (χ0n) is 14.0. The molecule has 2 nitrogen and oxygen atoms in total. The predicted molar refractivity (Wildman–Crippen MR) is 87.8 cm³/mol. The fourth-order valence-electron chi connectivity index (χ4n) is 5.15. The van der Waals surface area contributed by atoms with E-state index < -0.39 is 0 Å². The van der Waals surface area contributed by atoms with Gasteiger partial charge in [0, 0.05) is 18.1 Å². The molecule has 0 radical (unpaired) electrons. The standard InChI is InChI=1S/C18H36N2/c1-4-9-16-10-6-8-13-20(16)18(14-19)12-7-5-11-17(18)15(2)3/h15-17H,4-14,19H2,1-3H3. The van der Waals surface area contributed by atoms with Gasteiger partial charge in [-0.3, -0.25) is 4.90 Å². The molecule has 0 bridgehead atoms. The molecule has 1 saturated carbocycles. The van der Waals surface area contributed by atoms with Gasteiger partial charge in [-0.25, -0.2) is 0 Å². The monoisotopic (exact) mass is 280 g/mol. The quantitative estimate of drug-likeness (QED) is 0.818. The van der Waals surface area contributed by atoms with Gasteiger partial charge in [0.25, 0.3) is 0 Å². The Morgan fingerprint density at radius 1 is 1.15 bits per heavy atom. The lowest BCUT2D eigenvalue weighted by Crippen LogP contribution is -2.64. The number of hydrogen-bond acceptors (Lipinski definition) is 2. The number of rotatable bonds is 5. The second kappa shape index (κ2) is 7.26. The third-order valence-corrected chi connectivity index (χ3v) is 6.04. The Morgan fingerprint density at radius 3 is 2.55 bits per heavy atom. The minimum absolute atomic E-state index is 0.312. The smallest absolute Gasteiger partial charge is 0.0365 e. The Hall–Kier alpha value is -0.0800. The summed E-state index contributed by atoms with van der Waals surface area (Å²) >= 11 is 0. The average Bonchev–Trinajstić information content (AvgIpc) is 2.48. The first kappa shape index (κ1) is 16.3. The molecule has 0 amide bonds. The molecule has 1 heterocycles. The third-order valence-electron chi connectivity index (χ3n) is 6.04. The van der Waals surface area contributed by atoms with Crippen LogP contribution < -0.4 is 5.73 Å². The minimum Gasteiger partial charge on any atom is -0.329 e. The van der Waals surface area contributed by atoms with Crippen LogP contribution in [0.3, 0.4) is 0 Å². The molecule has 0 aromatic heterocycles. The van der Waals surface area contributed by atoms with Crippen molar-refractivity contribution in [2.45, 2.75) is 90.1 Å². The summed E-state index contributed by atoms with van der Waals surface area (Å²) in [6.07, 6.45) is 12.4. The Balaban J connectivity index is 2.25. The van der Waals surface area contributed by atoms with Crippen molar-refractivity contribution in [2.24, 2.45) is 17.6 Å². The molecule has 20 heavy (non-hydrogen) atoms. The van der Waals surface area contributed by atoms with Crippen LogP contribution in [-0.4, -0.2) is 29.6 Å². The lowest BCUT2D eigenvalue weighted by Gasteiger charge is -2.56. The Labute approximate surface area is 126 Å². The van der Waals surface area contributed by atoms with Gasteiger partial charge in [0.2, 0.25) is 0 Å². The van der Waals surface area contributed by atoms with E-state index in [0.29, 0.717) is 5.54 Å². The number of nitrogens with zero attached hydrogens (tertiary/aromatic N) is 1.